The van der Waals surface area contributed by atoms with Crippen molar-refractivity contribution >= 4 is 27.1 Å². The highest BCUT2D eigenvalue weighted by Gasteiger charge is 2.25. The Labute approximate surface area is 162 Å². The molecule has 1 atom stereocenters. The zero-order valence-electron chi connectivity index (χ0n) is 15.0. The monoisotopic (exact) mass is 404 g/mol. The lowest BCUT2D eigenvalue weighted by molar-refractivity contribution is -0.129. The standard InChI is InChI=1S/C19H20N2O4S2/c1-14(15-7-4-3-5-8-15)21(2)18(22)13-27(23,24)12-16-11-25-19(20-16)17-9-6-10-26-17/h3-11,14H,12-13H2,1-2H3. The van der Waals surface area contributed by atoms with E-state index in [-0.39, 0.29) is 11.8 Å². The molecule has 0 aliphatic heterocycles. The molecule has 3 rings (SSSR count). The van der Waals surface area contributed by atoms with Gasteiger partial charge in [-0.25, -0.2) is 13.4 Å². The minimum Gasteiger partial charge on any atom is -0.444 e. The molecule has 2 aromatic heterocycles. The molecule has 1 amide bonds. The lowest BCUT2D eigenvalue weighted by Gasteiger charge is -2.25. The predicted molar refractivity (Wildman–Crippen MR) is 105 cm³/mol. The lowest BCUT2D eigenvalue weighted by Crippen LogP contribution is -2.34. The van der Waals surface area contributed by atoms with Gasteiger partial charge in [-0.3, -0.25) is 4.79 Å². The second kappa shape index (κ2) is 8.06. The number of aromatic nitrogens is 1. The number of hydrogen-bond donors (Lipinski definition) is 0. The van der Waals surface area contributed by atoms with Crippen LogP contribution >= 0.6 is 11.3 Å². The average molecular weight is 405 g/mol. The Bertz CT molecular complexity index is 996. The van der Waals surface area contributed by atoms with Crippen LogP contribution in [0.15, 0.2) is 58.5 Å². The van der Waals surface area contributed by atoms with Crippen molar-refractivity contribution in [3.8, 4) is 10.8 Å². The van der Waals surface area contributed by atoms with Crippen LogP contribution in [0.25, 0.3) is 10.8 Å². The first-order valence-corrected chi connectivity index (χ1v) is 11.0. The SMILES string of the molecule is CC(c1ccccc1)N(C)C(=O)CS(=O)(=O)Cc1coc(-c2cccs2)n1. The highest BCUT2D eigenvalue weighted by atomic mass is 32.2. The molecule has 0 aliphatic carbocycles. The zero-order chi connectivity index (χ0) is 19.4. The van der Waals surface area contributed by atoms with Gasteiger partial charge < -0.3 is 9.32 Å². The van der Waals surface area contributed by atoms with Crippen LogP contribution in [-0.2, 0) is 20.4 Å². The third-order valence-corrected chi connectivity index (χ3v) is 6.53. The fraction of sp³-hybridized carbons (Fsp3) is 0.263. The van der Waals surface area contributed by atoms with Crippen molar-refractivity contribution in [2.45, 2.75) is 18.7 Å². The number of thiophene rings is 1. The fourth-order valence-electron chi connectivity index (χ4n) is 2.62. The molecule has 8 heteroatoms. The summed E-state index contributed by atoms with van der Waals surface area (Å²) >= 11 is 1.46. The Morgan fingerprint density at radius 3 is 2.63 bits per heavy atom. The summed E-state index contributed by atoms with van der Waals surface area (Å²) in [5.41, 5.74) is 1.24. The number of oxazole rings is 1. The van der Waals surface area contributed by atoms with Crippen molar-refractivity contribution in [3.05, 3.63) is 65.4 Å². The zero-order valence-corrected chi connectivity index (χ0v) is 16.7. The first-order valence-electron chi connectivity index (χ1n) is 8.35. The van der Waals surface area contributed by atoms with Crippen LogP contribution in [0.2, 0.25) is 0 Å². The van der Waals surface area contributed by atoms with E-state index in [1.165, 1.54) is 22.5 Å². The van der Waals surface area contributed by atoms with E-state index < -0.39 is 21.5 Å². The topological polar surface area (TPSA) is 80.5 Å². The minimum absolute atomic E-state index is 0.216. The summed E-state index contributed by atoms with van der Waals surface area (Å²) in [6.07, 6.45) is 1.33. The van der Waals surface area contributed by atoms with Crippen molar-refractivity contribution in [3.63, 3.8) is 0 Å². The summed E-state index contributed by atoms with van der Waals surface area (Å²) in [6.45, 7) is 1.87. The van der Waals surface area contributed by atoms with E-state index in [4.69, 9.17) is 4.42 Å². The van der Waals surface area contributed by atoms with Crippen molar-refractivity contribution in [1.29, 1.82) is 0 Å². The van der Waals surface area contributed by atoms with Crippen molar-refractivity contribution in [2.24, 2.45) is 0 Å². The molecular weight excluding hydrogens is 384 g/mol. The largest absolute Gasteiger partial charge is 0.444 e. The fourth-order valence-corrected chi connectivity index (χ4v) is 4.54. The number of amides is 1. The van der Waals surface area contributed by atoms with Crippen LogP contribution in [0.3, 0.4) is 0 Å². The van der Waals surface area contributed by atoms with E-state index in [2.05, 4.69) is 4.98 Å². The van der Waals surface area contributed by atoms with Crippen molar-refractivity contribution < 1.29 is 17.6 Å². The van der Waals surface area contributed by atoms with E-state index in [0.29, 0.717) is 11.6 Å². The summed E-state index contributed by atoms with van der Waals surface area (Å²) in [7, 11) is -2.05. The van der Waals surface area contributed by atoms with Gasteiger partial charge in [0, 0.05) is 7.05 Å². The lowest BCUT2D eigenvalue weighted by atomic mass is 10.1. The summed E-state index contributed by atoms with van der Waals surface area (Å²) in [5.74, 6) is -0.965. The van der Waals surface area contributed by atoms with Gasteiger partial charge in [0.25, 0.3) is 0 Å². The molecule has 27 heavy (non-hydrogen) atoms. The van der Waals surface area contributed by atoms with E-state index in [0.717, 1.165) is 10.4 Å². The van der Waals surface area contributed by atoms with Crippen LogP contribution in [0.1, 0.15) is 24.2 Å². The first kappa shape index (κ1) is 19.3. The summed E-state index contributed by atoms with van der Waals surface area (Å²) in [4.78, 5) is 18.9. The summed E-state index contributed by atoms with van der Waals surface area (Å²) in [5, 5.41) is 1.89. The minimum atomic E-state index is -3.66. The highest BCUT2D eigenvalue weighted by molar-refractivity contribution is 7.91. The smallest absolute Gasteiger partial charge is 0.238 e. The molecule has 0 spiro atoms. The Balaban J connectivity index is 1.64. The molecule has 0 saturated heterocycles. The number of carbonyl (C=O) groups excluding carboxylic acids is 1. The van der Waals surface area contributed by atoms with Gasteiger partial charge in [-0.2, -0.15) is 0 Å². The molecule has 142 valence electrons. The number of benzene rings is 1. The quantitative estimate of drug-likeness (QED) is 0.602. The Hall–Kier alpha value is -2.45. The van der Waals surface area contributed by atoms with Gasteiger partial charge in [-0.15, -0.1) is 11.3 Å². The molecule has 0 bridgehead atoms. The number of hydrogen-bond acceptors (Lipinski definition) is 6. The molecule has 2 heterocycles. The van der Waals surface area contributed by atoms with E-state index in [1.54, 1.807) is 7.05 Å². The van der Waals surface area contributed by atoms with Crippen LogP contribution < -0.4 is 0 Å². The molecule has 0 fully saturated rings. The van der Waals surface area contributed by atoms with Gasteiger partial charge in [-0.05, 0) is 23.9 Å². The molecular formula is C19H20N2O4S2. The summed E-state index contributed by atoms with van der Waals surface area (Å²) in [6, 6.07) is 13.0. The Morgan fingerprint density at radius 2 is 1.96 bits per heavy atom. The van der Waals surface area contributed by atoms with Gasteiger partial charge in [-0.1, -0.05) is 36.4 Å². The first-order chi connectivity index (χ1) is 12.9. The van der Waals surface area contributed by atoms with Gasteiger partial charge in [0.1, 0.15) is 12.0 Å². The maximum Gasteiger partial charge on any atom is 0.238 e. The van der Waals surface area contributed by atoms with Crippen LogP contribution in [0.4, 0.5) is 0 Å². The van der Waals surface area contributed by atoms with E-state index in [9.17, 15) is 13.2 Å². The number of sulfone groups is 1. The number of carbonyl (C=O) groups is 1. The molecule has 0 saturated carbocycles. The molecule has 1 unspecified atom stereocenters. The summed E-state index contributed by atoms with van der Waals surface area (Å²) < 4.78 is 30.2. The van der Waals surface area contributed by atoms with Crippen molar-refractivity contribution in [1.82, 2.24) is 9.88 Å². The number of nitrogens with zero attached hydrogens (tertiary/aromatic N) is 2. The van der Waals surface area contributed by atoms with Crippen LogP contribution in [0.5, 0.6) is 0 Å². The van der Waals surface area contributed by atoms with Gasteiger partial charge in [0.15, 0.2) is 9.84 Å². The third-order valence-electron chi connectivity index (χ3n) is 4.25. The third kappa shape index (κ3) is 4.84. The Kier molecular flexibility index (Phi) is 5.76. The molecule has 1 aromatic carbocycles. The molecule has 0 radical (unpaired) electrons. The van der Waals surface area contributed by atoms with Crippen molar-refractivity contribution in [2.75, 3.05) is 12.8 Å². The number of rotatable bonds is 7. The highest BCUT2D eigenvalue weighted by Crippen LogP contribution is 2.24. The second-order valence-electron chi connectivity index (χ2n) is 6.24. The molecule has 6 nitrogen and oxygen atoms in total. The van der Waals surface area contributed by atoms with E-state index in [1.807, 2.05) is 54.8 Å². The van der Waals surface area contributed by atoms with Crippen LogP contribution in [-0.4, -0.2) is 37.0 Å². The van der Waals surface area contributed by atoms with Gasteiger partial charge >= 0.3 is 0 Å². The maximum absolute atomic E-state index is 12.5. The van der Waals surface area contributed by atoms with Gasteiger partial charge in [0.2, 0.25) is 11.8 Å². The molecule has 0 N–H and O–H groups in total. The van der Waals surface area contributed by atoms with Gasteiger partial charge in [0.05, 0.1) is 22.4 Å². The van der Waals surface area contributed by atoms with E-state index >= 15 is 0 Å². The molecule has 0 aliphatic rings. The van der Waals surface area contributed by atoms with Crippen LogP contribution in [0, 0.1) is 0 Å². The maximum atomic E-state index is 12.5. The normalized spacial score (nSPS) is 12.7. The Morgan fingerprint density at radius 1 is 1.22 bits per heavy atom. The average Bonchev–Trinajstić information content (AvgIpc) is 3.32. The predicted octanol–water partition coefficient (Wildman–Crippen LogP) is 3.54. The molecule has 3 aromatic rings. The second-order valence-corrected chi connectivity index (χ2v) is 9.26.